The summed E-state index contributed by atoms with van der Waals surface area (Å²) in [5.74, 6) is 0.113. The van der Waals surface area contributed by atoms with Crippen LogP contribution in [0.25, 0.3) is 0 Å². The molecular weight excluding hydrogens is 578 g/mol. The predicted molar refractivity (Wildman–Crippen MR) is 180 cm³/mol. The van der Waals surface area contributed by atoms with Crippen molar-refractivity contribution in [1.82, 2.24) is 20.5 Å². The predicted octanol–water partition coefficient (Wildman–Crippen LogP) is 3.97. The number of aromatic nitrogens is 1. The largest absolute Gasteiger partial charge is 0.369 e. The van der Waals surface area contributed by atoms with Crippen molar-refractivity contribution in [2.75, 3.05) is 43.0 Å². The molecule has 0 saturated carbocycles. The van der Waals surface area contributed by atoms with Crippen LogP contribution in [0.5, 0.6) is 0 Å². The second kappa shape index (κ2) is 13.1. The summed E-state index contributed by atoms with van der Waals surface area (Å²) in [4.78, 5) is 49.9. The number of likely N-dealkylation sites (N-methyl/N-ethyl adjacent to an activating group) is 1. The first-order valence-corrected chi connectivity index (χ1v) is 16.4. The van der Waals surface area contributed by atoms with Gasteiger partial charge in [0.1, 0.15) is 5.82 Å². The monoisotopic (exact) mass is 623 g/mol. The number of hydrogen-bond donors (Lipinski definition) is 3. The zero-order valence-corrected chi connectivity index (χ0v) is 27.3. The van der Waals surface area contributed by atoms with Crippen molar-refractivity contribution in [3.63, 3.8) is 0 Å². The molecule has 2 bridgehead atoms. The lowest BCUT2D eigenvalue weighted by Gasteiger charge is -2.40. The van der Waals surface area contributed by atoms with E-state index in [9.17, 15) is 14.4 Å². The molecule has 2 aromatic carbocycles. The van der Waals surface area contributed by atoms with E-state index in [1.54, 1.807) is 25.3 Å². The first-order valence-electron chi connectivity index (χ1n) is 16.4. The van der Waals surface area contributed by atoms with E-state index in [-0.39, 0.29) is 36.0 Å². The van der Waals surface area contributed by atoms with Crippen LogP contribution in [0.15, 0.2) is 54.7 Å². The third-order valence-corrected chi connectivity index (χ3v) is 10.0. The summed E-state index contributed by atoms with van der Waals surface area (Å²) in [6, 6.07) is 16.2. The van der Waals surface area contributed by atoms with Crippen LogP contribution in [0.3, 0.4) is 0 Å². The number of hydrogen-bond acceptors (Lipinski definition) is 7. The minimum atomic E-state index is -0.490. The molecule has 4 heterocycles. The molecule has 1 aromatic heterocycles. The molecule has 3 saturated heterocycles. The Morgan fingerprint density at radius 2 is 1.50 bits per heavy atom. The van der Waals surface area contributed by atoms with Gasteiger partial charge in [-0.3, -0.25) is 14.4 Å². The second-order valence-electron chi connectivity index (χ2n) is 13.3. The lowest BCUT2D eigenvalue weighted by Crippen LogP contribution is -2.50. The number of anilines is 2. The van der Waals surface area contributed by atoms with Gasteiger partial charge >= 0.3 is 0 Å². The van der Waals surface area contributed by atoms with Gasteiger partial charge in [-0.1, -0.05) is 12.1 Å². The lowest BCUT2D eigenvalue weighted by atomic mass is 9.95. The second-order valence-corrected chi connectivity index (χ2v) is 13.3. The Hall–Kier alpha value is -4.44. The van der Waals surface area contributed by atoms with E-state index in [0.717, 1.165) is 68.8 Å². The number of nitrogens with one attached hydrogen (secondary N) is 2. The summed E-state index contributed by atoms with van der Waals surface area (Å²) < 4.78 is 0. The number of piperazine rings is 1. The van der Waals surface area contributed by atoms with Crippen LogP contribution in [0.4, 0.5) is 11.5 Å². The average molecular weight is 624 g/mol. The number of nitrogens with two attached hydrogens (primary N) is 1. The summed E-state index contributed by atoms with van der Waals surface area (Å²) in [5.41, 5.74) is 10.7. The van der Waals surface area contributed by atoms with E-state index in [0.29, 0.717) is 22.3 Å². The van der Waals surface area contributed by atoms with Crippen LogP contribution in [0.2, 0.25) is 0 Å². The van der Waals surface area contributed by atoms with Crippen molar-refractivity contribution in [1.29, 1.82) is 0 Å². The van der Waals surface area contributed by atoms with Gasteiger partial charge in [0.25, 0.3) is 11.8 Å². The van der Waals surface area contributed by atoms with E-state index >= 15 is 0 Å². The van der Waals surface area contributed by atoms with Gasteiger partial charge in [0, 0.05) is 67.3 Å². The molecule has 10 heteroatoms. The molecule has 0 radical (unpaired) electrons. The fraction of sp³-hybridized carbons (Fsp3) is 0.444. The third-order valence-electron chi connectivity index (χ3n) is 10.0. The van der Waals surface area contributed by atoms with Crippen molar-refractivity contribution >= 4 is 29.2 Å². The first-order chi connectivity index (χ1) is 22.1. The molecule has 3 aliphatic heterocycles. The highest BCUT2D eigenvalue weighted by Gasteiger charge is 2.42. The maximum Gasteiger partial charge on any atom is 0.253 e. The van der Waals surface area contributed by atoms with Crippen molar-refractivity contribution in [2.45, 2.75) is 70.6 Å². The van der Waals surface area contributed by atoms with E-state index in [1.807, 2.05) is 26.0 Å². The SMILES string of the molecule is Cc1cc(C(=O)N[C@H]2C[C@H]3CC[C@@H](C2)N3c2ccc(C(=O)N[C@@H](C)c3ccc(N4CCN(C)CC4)cc3)cn2)c(C)cc1C(N)=O. The van der Waals surface area contributed by atoms with Gasteiger partial charge in [-0.2, -0.15) is 0 Å². The van der Waals surface area contributed by atoms with E-state index < -0.39 is 5.91 Å². The molecule has 0 spiro atoms. The van der Waals surface area contributed by atoms with Crippen molar-refractivity contribution in [2.24, 2.45) is 5.73 Å². The molecule has 3 amide bonds. The van der Waals surface area contributed by atoms with Gasteiger partial charge < -0.3 is 31.1 Å². The van der Waals surface area contributed by atoms with Gasteiger partial charge in [-0.15, -0.1) is 0 Å². The lowest BCUT2D eigenvalue weighted by molar-refractivity contribution is 0.0921. The Labute approximate surface area is 271 Å². The number of aryl methyl sites for hydroxylation is 2. The van der Waals surface area contributed by atoms with Gasteiger partial charge in [-0.25, -0.2) is 4.98 Å². The van der Waals surface area contributed by atoms with Gasteiger partial charge in [0.15, 0.2) is 0 Å². The maximum atomic E-state index is 13.2. The zero-order chi connectivity index (χ0) is 32.5. The zero-order valence-electron chi connectivity index (χ0n) is 27.3. The van der Waals surface area contributed by atoms with Crippen LogP contribution in [-0.2, 0) is 0 Å². The Balaban J connectivity index is 1.04. The van der Waals surface area contributed by atoms with Crippen LogP contribution in [0.1, 0.15) is 86.4 Å². The number of pyridine rings is 1. The molecule has 0 unspecified atom stereocenters. The summed E-state index contributed by atoms with van der Waals surface area (Å²) in [5, 5.41) is 6.37. The number of piperidine rings is 1. The number of amides is 3. The molecule has 3 fully saturated rings. The molecule has 10 nitrogen and oxygen atoms in total. The Kier molecular flexibility index (Phi) is 8.99. The molecule has 3 aliphatic rings. The molecule has 4 atom stereocenters. The fourth-order valence-corrected chi connectivity index (χ4v) is 7.33. The highest BCUT2D eigenvalue weighted by molar-refractivity contribution is 6.00. The van der Waals surface area contributed by atoms with Crippen LogP contribution >= 0.6 is 0 Å². The highest BCUT2D eigenvalue weighted by atomic mass is 16.2. The number of benzene rings is 2. The maximum absolute atomic E-state index is 13.2. The number of nitrogens with zero attached hydrogens (tertiary/aromatic N) is 4. The standard InChI is InChI=1S/C36H45N7O3/c1-22-18-32(23(2)17-31(22)34(37)44)36(46)40-27-19-29-10-11-30(20-27)43(29)33-12-7-26(21-38-33)35(45)39-24(3)25-5-8-28(9-6-25)42-15-13-41(4)14-16-42/h5-9,12,17-18,21,24,27,29-30H,10-11,13-16,19-20H2,1-4H3,(H2,37,44)(H,39,45)(H,40,46)/t24-,27-,29+,30-/m0/s1. The van der Waals surface area contributed by atoms with Crippen LogP contribution in [-0.4, -0.2) is 79.0 Å². The van der Waals surface area contributed by atoms with Crippen LogP contribution in [0, 0.1) is 13.8 Å². The van der Waals surface area contributed by atoms with Crippen molar-refractivity contribution in [3.05, 3.63) is 88.1 Å². The van der Waals surface area contributed by atoms with Crippen molar-refractivity contribution in [3.8, 4) is 0 Å². The summed E-state index contributed by atoms with van der Waals surface area (Å²) >= 11 is 0. The van der Waals surface area contributed by atoms with E-state index in [2.05, 4.69) is 56.6 Å². The topological polar surface area (TPSA) is 124 Å². The normalized spacial score (nSPS) is 22.0. The molecule has 46 heavy (non-hydrogen) atoms. The molecule has 4 N–H and O–H groups in total. The van der Waals surface area contributed by atoms with Gasteiger partial charge in [0.2, 0.25) is 5.91 Å². The third kappa shape index (κ3) is 6.58. The van der Waals surface area contributed by atoms with Crippen molar-refractivity contribution < 1.29 is 14.4 Å². The highest BCUT2D eigenvalue weighted by Crippen LogP contribution is 2.38. The van der Waals surface area contributed by atoms with Gasteiger partial charge in [-0.05, 0) is 107 Å². The first kappa shape index (κ1) is 31.5. The quantitative estimate of drug-likeness (QED) is 0.347. The number of fused-ring (bicyclic) bond motifs is 2. The molecule has 0 aliphatic carbocycles. The Morgan fingerprint density at radius 1 is 0.870 bits per heavy atom. The minimum absolute atomic E-state index is 0.0546. The van der Waals surface area contributed by atoms with Gasteiger partial charge in [0.05, 0.1) is 11.6 Å². The minimum Gasteiger partial charge on any atom is -0.369 e. The van der Waals surface area contributed by atoms with E-state index in [4.69, 9.17) is 10.7 Å². The number of rotatable bonds is 8. The summed E-state index contributed by atoms with van der Waals surface area (Å²) in [6.07, 6.45) is 5.40. The smallest absolute Gasteiger partial charge is 0.253 e. The number of carbonyl (C=O) groups is 3. The number of primary amides is 1. The Morgan fingerprint density at radius 3 is 2.11 bits per heavy atom. The van der Waals surface area contributed by atoms with E-state index in [1.165, 1.54) is 5.69 Å². The molecule has 242 valence electrons. The fourth-order valence-electron chi connectivity index (χ4n) is 7.33. The summed E-state index contributed by atoms with van der Waals surface area (Å²) in [7, 11) is 2.16. The Bertz CT molecular complexity index is 1590. The number of carbonyl (C=O) groups excluding carboxylic acids is 3. The molecular formula is C36H45N7O3. The molecule has 6 rings (SSSR count). The average Bonchev–Trinajstić information content (AvgIpc) is 3.31. The molecule has 3 aromatic rings. The summed E-state index contributed by atoms with van der Waals surface area (Å²) in [6.45, 7) is 9.81. The van der Waals surface area contributed by atoms with Crippen LogP contribution < -0.4 is 26.2 Å².